The highest BCUT2D eigenvalue weighted by molar-refractivity contribution is 5.89. The molecule has 2 fully saturated rings. The van der Waals surface area contributed by atoms with E-state index in [0.29, 0.717) is 17.9 Å². The third kappa shape index (κ3) is 4.93. The van der Waals surface area contributed by atoms with E-state index >= 15 is 0 Å². The van der Waals surface area contributed by atoms with Crippen molar-refractivity contribution >= 4 is 33.4 Å². The van der Waals surface area contributed by atoms with Gasteiger partial charge in [-0.25, -0.2) is 4.98 Å². The second kappa shape index (κ2) is 10.6. The number of morpholine rings is 1. The first-order valence-electron chi connectivity index (χ1n) is 13.9. The summed E-state index contributed by atoms with van der Waals surface area (Å²) in [6.07, 6.45) is 8.01. The molecule has 39 heavy (non-hydrogen) atoms. The van der Waals surface area contributed by atoms with Crippen LogP contribution in [-0.2, 0) is 4.74 Å². The lowest BCUT2D eigenvalue weighted by molar-refractivity contribution is 0.0277. The zero-order valence-electron chi connectivity index (χ0n) is 21.8. The Kier molecular flexibility index (Phi) is 6.56. The molecule has 1 unspecified atom stereocenters. The summed E-state index contributed by atoms with van der Waals surface area (Å²) in [6.45, 7) is 2.45. The molecule has 1 aliphatic heterocycles. The van der Waals surface area contributed by atoms with Gasteiger partial charge < -0.3 is 24.7 Å². The van der Waals surface area contributed by atoms with Crippen LogP contribution in [0.25, 0.3) is 21.9 Å². The van der Waals surface area contributed by atoms with E-state index in [1.165, 1.54) is 19.3 Å². The molecule has 3 aromatic carbocycles. The summed E-state index contributed by atoms with van der Waals surface area (Å²) in [5, 5.41) is 9.02. The number of hydrogen-bond donors (Lipinski definition) is 2. The lowest BCUT2D eigenvalue weighted by Crippen LogP contribution is -2.33. The number of hydrogen-bond acceptors (Lipinski definition) is 7. The maximum Gasteiger partial charge on any atom is 0.326 e. The van der Waals surface area contributed by atoms with Gasteiger partial charge in [0.2, 0.25) is 0 Å². The van der Waals surface area contributed by atoms with Gasteiger partial charge in [-0.1, -0.05) is 67.8 Å². The van der Waals surface area contributed by atoms with E-state index in [0.717, 1.165) is 71.5 Å². The summed E-state index contributed by atoms with van der Waals surface area (Å²) < 4.78 is 14.5. The average Bonchev–Trinajstić information content (AvgIpc) is 3.43. The van der Waals surface area contributed by atoms with Crippen molar-refractivity contribution in [1.82, 2.24) is 24.8 Å². The van der Waals surface area contributed by atoms with Gasteiger partial charge in [-0.15, -0.1) is 0 Å². The highest BCUT2D eigenvalue weighted by Crippen LogP contribution is 2.35. The van der Waals surface area contributed by atoms with E-state index in [9.17, 15) is 0 Å². The van der Waals surface area contributed by atoms with Crippen LogP contribution in [0.3, 0.4) is 0 Å². The Bertz CT molecular complexity index is 1580. The fourth-order valence-corrected chi connectivity index (χ4v) is 5.74. The highest BCUT2D eigenvalue weighted by atomic mass is 16.5. The van der Waals surface area contributed by atoms with Gasteiger partial charge in [0, 0.05) is 30.2 Å². The second-order valence-electron chi connectivity index (χ2n) is 10.4. The number of anilines is 2. The van der Waals surface area contributed by atoms with Crippen LogP contribution in [0, 0.1) is 0 Å². The van der Waals surface area contributed by atoms with Gasteiger partial charge in [-0.05, 0) is 42.0 Å². The van der Waals surface area contributed by atoms with Crippen LogP contribution in [0.1, 0.15) is 49.8 Å². The lowest BCUT2D eigenvalue weighted by Gasteiger charge is -2.24. The Morgan fingerprint density at radius 3 is 2.62 bits per heavy atom. The molecule has 0 bridgehead atoms. The van der Waals surface area contributed by atoms with E-state index < -0.39 is 0 Å². The van der Waals surface area contributed by atoms with Gasteiger partial charge >= 0.3 is 6.01 Å². The molecule has 3 heterocycles. The van der Waals surface area contributed by atoms with E-state index in [-0.39, 0.29) is 6.10 Å². The van der Waals surface area contributed by atoms with Gasteiger partial charge in [-0.3, -0.25) is 0 Å². The summed E-state index contributed by atoms with van der Waals surface area (Å²) >= 11 is 0. The Morgan fingerprint density at radius 1 is 0.923 bits per heavy atom. The fourth-order valence-electron chi connectivity index (χ4n) is 5.74. The number of benzene rings is 3. The Morgan fingerprint density at radius 2 is 1.77 bits per heavy atom. The normalized spacial score (nSPS) is 18.4. The minimum atomic E-state index is 0.0745. The first-order chi connectivity index (χ1) is 19.3. The molecule has 1 saturated carbocycles. The van der Waals surface area contributed by atoms with Crippen molar-refractivity contribution in [2.24, 2.45) is 0 Å². The number of nitrogens with zero attached hydrogens (tertiary/aromatic N) is 4. The highest BCUT2D eigenvalue weighted by Gasteiger charge is 2.22. The Labute approximate surface area is 227 Å². The number of rotatable bonds is 6. The van der Waals surface area contributed by atoms with Gasteiger partial charge in [0.25, 0.3) is 0 Å². The molecular weight excluding hydrogens is 488 g/mol. The summed E-state index contributed by atoms with van der Waals surface area (Å²) in [7, 11) is 0. The van der Waals surface area contributed by atoms with Gasteiger partial charge in [0.1, 0.15) is 5.75 Å². The van der Waals surface area contributed by atoms with Crippen LogP contribution in [-0.4, -0.2) is 39.2 Å². The van der Waals surface area contributed by atoms with Crippen LogP contribution >= 0.6 is 0 Å². The van der Waals surface area contributed by atoms with Crippen molar-refractivity contribution < 1.29 is 9.47 Å². The summed E-state index contributed by atoms with van der Waals surface area (Å²) in [6, 6.07) is 23.2. The lowest BCUT2D eigenvalue weighted by atomic mass is 9.95. The van der Waals surface area contributed by atoms with Gasteiger partial charge in [-0.2, -0.15) is 9.97 Å². The number of ether oxygens (including phenoxy) is 2. The van der Waals surface area contributed by atoms with Crippen molar-refractivity contribution in [2.45, 2.75) is 44.2 Å². The zero-order chi connectivity index (χ0) is 26.0. The molecule has 198 valence electrons. The molecule has 0 amide bonds. The quantitative estimate of drug-likeness (QED) is 0.258. The molecule has 1 aliphatic carbocycles. The van der Waals surface area contributed by atoms with Crippen molar-refractivity contribution in [3.63, 3.8) is 0 Å². The first-order valence-corrected chi connectivity index (χ1v) is 13.9. The molecule has 7 rings (SSSR count). The standard InChI is InChI=1S/C31H32N6O2/c1-2-9-24(10-3-1)37-20-33-28-29(34-23-15-13-22(14-16-23)27-19-32-17-18-38-27)35-31(36-30(28)37)39-26-12-6-8-21-7-4-5-11-25(21)26/h4-8,11-16,20,24,27,32H,1-3,9-10,17-19H2,(H,34,35,36). The Balaban J connectivity index is 1.25. The van der Waals surface area contributed by atoms with Crippen LogP contribution in [0.2, 0.25) is 0 Å². The van der Waals surface area contributed by atoms with Gasteiger partial charge in [0.05, 0.1) is 19.0 Å². The molecule has 2 aliphatic rings. The number of aromatic nitrogens is 4. The molecule has 0 spiro atoms. The third-order valence-corrected chi connectivity index (χ3v) is 7.79. The first kappa shape index (κ1) is 24.1. The molecule has 2 N–H and O–H groups in total. The van der Waals surface area contributed by atoms with Crippen LogP contribution in [0.5, 0.6) is 11.8 Å². The minimum absolute atomic E-state index is 0.0745. The fraction of sp³-hybridized carbons (Fsp3) is 0.323. The maximum absolute atomic E-state index is 6.36. The minimum Gasteiger partial charge on any atom is -0.424 e. The maximum atomic E-state index is 6.36. The monoisotopic (exact) mass is 520 g/mol. The van der Waals surface area contributed by atoms with Crippen molar-refractivity contribution in [2.75, 3.05) is 25.0 Å². The molecule has 5 aromatic rings. The van der Waals surface area contributed by atoms with Crippen molar-refractivity contribution in [3.05, 3.63) is 78.6 Å². The predicted octanol–water partition coefficient (Wildman–Crippen LogP) is 6.68. The molecule has 1 atom stereocenters. The zero-order valence-corrected chi connectivity index (χ0v) is 21.8. The SMILES string of the molecule is c1ccc2c(Oc3nc(Nc4ccc(C5CNCCO5)cc4)c4ncn(C5CCCCC5)c4n3)cccc2c1. The summed E-state index contributed by atoms with van der Waals surface area (Å²) in [5.41, 5.74) is 3.62. The average molecular weight is 521 g/mol. The van der Waals surface area contributed by atoms with E-state index in [4.69, 9.17) is 24.4 Å². The second-order valence-corrected chi connectivity index (χ2v) is 10.4. The van der Waals surface area contributed by atoms with Crippen LogP contribution in [0.4, 0.5) is 11.5 Å². The summed E-state index contributed by atoms with van der Waals surface area (Å²) in [4.78, 5) is 14.5. The molecular formula is C31H32N6O2. The third-order valence-electron chi connectivity index (χ3n) is 7.79. The largest absolute Gasteiger partial charge is 0.424 e. The van der Waals surface area contributed by atoms with Crippen molar-refractivity contribution in [3.8, 4) is 11.8 Å². The predicted molar refractivity (Wildman–Crippen MR) is 153 cm³/mol. The van der Waals surface area contributed by atoms with E-state index in [1.807, 2.05) is 30.6 Å². The van der Waals surface area contributed by atoms with E-state index in [2.05, 4.69) is 57.7 Å². The molecule has 0 radical (unpaired) electrons. The molecule has 1 saturated heterocycles. The number of imidazole rings is 1. The molecule has 8 heteroatoms. The smallest absolute Gasteiger partial charge is 0.326 e. The topological polar surface area (TPSA) is 86.1 Å². The van der Waals surface area contributed by atoms with E-state index in [1.54, 1.807) is 0 Å². The Hall–Kier alpha value is -4.01. The van der Waals surface area contributed by atoms with Gasteiger partial charge in [0.15, 0.2) is 17.0 Å². The molecule has 2 aromatic heterocycles. The van der Waals surface area contributed by atoms with Crippen molar-refractivity contribution in [1.29, 1.82) is 0 Å². The van der Waals surface area contributed by atoms with Crippen LogP contribution in [0.15, 0.2) is 73.1 Å². The van der Waals surface area contributed by atoms with Crippen LogP contribution < -0.4 is 15.4 Å². The molecule has 8 nitrogen and oxygen atoms in total. The number of nitrogens with one attached hydrogen (secondary N) is 2. The summed E-state index contributed by atoms with van der Waals surface area (Å²) in [5.74, 6) is 1.36. The number of fused-ring (bicyclic) bond motifs is 2.